The minimum atomic E-state index is 0.716. The van der Waals surface area contributed by atoms with Crippen molar-refractivity contribution in [3.8, 4) is 0 Å². The molecule has 4 aromatic rings. The smallest absolute Gasteiger partial charge is 0.0520 e. The van der Waals surface area contributed by atoms with Gasteiger partial charge in [-0.3, -0.25) is 5.84 Å². The van der Waals surface area contributed by atoms with Crippen molar-refractivity contribution in [2.75, 3.05) is 5.73 Å². The van der Waals surface area contributed by atoms with E-state index in [1.54, 1.807) is 6.08 Å². The van der Waals surface area contributed by atoms with E-state index in [0.717, 1.165) is 46.3 Å². The molecule has 4 aromatic carbocycles. The summed E-state index contributed by atoms with van der Waals surface area (Å²) in [7, 11) is 0. The Kier molecular flexibility index (Phi) is 18.8. The summed E-state index contributed by atoms with van der Waals surface area (Å²) in [5.41, 5.74) is 17.5. The number of hydrogen-bond donors (Lipinski definition) is 4. The molecule has 0 saturated heterocycles. The molecule has 0 aliphatic carbocycles. The lowest BCUT2D eigenvalue weighted by Crippen LogP contribution is -2.19. The van der Waals surface area contributed by atoms with Crippen LogP contribution >= 0.6 is 12.6 Å². The van der Waals surface area contributed by atoms with Crippen LogP contribution in [0.4, 0.5) is 5.69 Å². The van der Waals surface area contributed by atoms with Gasteiger partial charge in [0.05, 0.1) is 5.70 Å². The molecule has 4 rings (SSSR count). The number of hydrazine groups is 1. The van der Waals surface area contributed by atoms with E-state index in [-0.39, 0.29) is 0 Å². The van der Waals surface area contributed by atoms with Crippen LogP contribution in [0.3, 0.4) is 0 Å². The summed E-state index contributed by atoms with van der Waals surface area (Å²) >= 11 is 4.13. The number of thiol groups is 1. The summed E-state index contributed by atoms with van der Waals surface area (Å²) in [6.07, 6.45) is 23.6. The van der Waals surface area contributed by atoms with E-state index in [9.17, 15) is 0 Å². The van der Waals surface area contributed by atoms with Crippen molar-refractivity contribution in [3.63, 3.8) is 0 Å². The van der Waals surface area contributed by atoms with E-state index in [0.29, 0.717) is 4.91 Å². The number of fused-ring (bicyclic) bond motifs is 1. The van der Waals surface area contributed by atoms with Crippen molar-refractivity contribution in [1.82, 2.24) is 5.43 Å². The molecule has 5 N–H and O–H groups in total. The van der Waals surface area contributed by atoms with Gasteiger partial charge in [0.15, 0.2) is 0 Å². The first-order valence-corrected chi connectivity index (χ1v) is 16.7. The number of benzene rings is 4. The van der Waals surface area contributed by atoms with Gasteiger partial charge in [0.1, 0.15) is 0 Å². The topological polar surface area (TPSA) is 64.1 Å². The minimum absolute atomic E-state index is 0.716. The van der Waals surface area contributed by atoms with E-state index in [1.165, 1.54) is 22.1 Å². The highest BCUT2D eigenvalue weighted by molar-refractivity contribution is 7.84. The van der Waals surface area contributed by atoms with Crippen LogP contribution in [0.15, 0.2) is 188 Å². The van der Waals surface area contributed by atoms with Gasteiger partial charge < -0.3 is 11.2 Å². The molecule has 0 unspecified atom stereocenters. The maximum atomic E-state index is 6.15. The molecule has 49 heavy (non-hydrogen) atoms. The molecule has 0 aromatic heterocycles. The number of nitrogens with two attached hydrogens (primary N) is 2. The SMILES string of the molecule is C=C(/C=C\C=C/Cc1ccccc1)C/C=C(\NN)c1ccccc1.C=C(S)/C=C\c1ccc2cc(C)ccc2c1N.C=C/C=C(C)\C=C/C. The van der Waals surface area contributed by atoms with Gasteiger partial charge >= 0.3 is 0 Å². The van der Waals surface area contributed by atoms with Crippen LogP contribution in [0, 0.1) is 6.92 Å². The fraction of sp³-hybridized carbons (Fsp3) is 0.111. The number of allylic oxidation sites excluding steroid dienone is 12. The van der Waals surface area contributed by atoms with Crippen molar-refractivity contribution in [2.45, 2.75) is 33.6 Å². The summed E-state index contributed by atoms with van der Waals surface area (Å²) in [4.78, 5) is 0.716. The van der Waals surface area contributed by atoms with Crippen molar-refractivity contribution in [3.05, 3.63) is 210 Å². The second-order valence-electron chi connectivity index (χ2n) is 11.2. The van der Waals surface area contributed by atoms with Crippen molar-refractivity contribution in [2.24, 2.45) is 5.84 Å². The number of aryl methyl sites for hydroxylation is 1. The van der Waals surface area contributed by atoms with Crippen molar-refractivity contribution in [1.29, 1.82) is 0 Å². The number of anilines is 1. The maximum Gasteiger partial charge on any atom is 0.0520 e. The third-order valence-corrected chi connectivity index (χ3v) is 7.25. The zero-order valence-corrected chi connectivity index (χ0v) is 30.0. The van der Waals surface area contributed by atoms with Gasteiger partial charge in [0, 0.05) is 11.1 Å². The highest BCUT2D eigenvalue weighted by atomic mass is 32.1. The van der Waals surface area contributed by atoms with Gasteiger partial charge in [0.2, 0.25) is 0 Å². The Hall–Kier alpha value is -5.29. The van der Waals surface area contributed by atoms with Gasteiger partial charge in [-0.15, -0.1) is 12.6 Å². The lowest BCUT2D eigenvalue weighted by atomic mass is 10.0. The lowest BCUT2D eigenvalue weighted by molar-refractivity contribution is 0.984. The maximum absolute atomic E-state index is 6.15. The number of nitrogen functional groups attached to an aromatic ring is 1. The fourth-order valence-corrected chi connectivity index (χ4v) is 4.67. The average molecular weight is 666 g/mol. The Morgan fingerprint density at radius 3 is 2.20 bits per heavy atom. The number of rotatable bonds is 12. The molecule has 0 fully saturated rings. The molecule has 252 valence electrons. The van der Waals surface area contributed by atoms with Gasteiger partial charge in [0.25, 0.3) is 0 Å². The first-order valence-electron chi connectivity index (χ1n) is 16.2. The average Bonchev–Trinajstić information content (AvgIpc) is 3.10. The summed E-state index contributed by atoms with van der Waals surface area (Å²) in [6, 6.07) is 30.8. The van der Waals surface area contributed by atoms with Gasteiger partial charge in [-0.1, -0.05) is 188 Å². The second kappa shape index (κ2) is 23.1. The summed E-state index contributed by atoms with van der Waals surface area (Å²) in [6.45, 7) is 17.5. The number of hydrogen-bond acceptors (Lipinski definition) is 4. The zero-order chi connectivity index (χ0) is 35.9. The van der Waals surface area contributed by atoms with E-state index in [2.05, 4.69) is 111 Å². The number of nitrogens with one attached hydrogen (secondary N) is 1. The minimum Gasteiger partial charge on any atom is -0.398 e. The molecule has 0 saturated carbocycles. The molecule has 0 aliphatic heterocycles. The molecule has 0 heterocycles. The first kappa shape index (κ1) is 39.9. The summed E-state index contributed by atoms with van der Waals surface area (Å²) in [5.74, 6) is 5.61. The molecule has 4 heteroatoms. The van der Waals surface area contributed by atoms with E-state index < -0.39 is 0 Å². The summed E-state index contributed by atoms with van der Waals surface area (Å²) < 4.78 is 0. The van der Waals surface area contributed by atoms with Gasteiger partial charge in [-0.25, -0.2) is 0 Å². The van der Waals surface area contributed by atoms with Crippen LogP contribution in [-0.4, -0.2) is 0 Å². The highest BCUT2D eigenvalue weighted by Gasteiger charge is 2.02. The van der Waals surface area contributed by atoms with Crippen molar-refractivity contribution >= 4 is 40.9 Å². The Balaban J connectivity index is 0.000000289. The molecular formula is C45H51N3S. The predicted molar refractivity (Wildman–Crippen MR) is 223 cm³/mol. The molecule has 0 atom stereocenters. The third kappa shape index (κ3) is 15.9. The molecule has 0 amide bonds. The largest absolute Gasteiger partial charge is 0.398 e. The standard InChI is InChI=1S/C22H24N2.C15H15NS.C8H12/c1-19(11-5-2-6-12-20-13-7-3-8-14-20)17-18-22(24-23)21-15-9-4-10-16-21;1-10-3-8-14-13(9-10)7-6-12(15(14)16)5-4-11(2)17;1-4-6-8(3)7-5-2/h2-11,13-16,18,24H,1,12,17,23H2;3-9,17H,2,16H2,1H3;4-7H,1H2,2-3H3/b6-2-,11-5-,22-18-;5-4-;7-5-,8-6-. The summed E-state index contributed by atoms with van der Waals surface area (Å²) in [5, 5.41) is 2.26. The molecule has 3 nitrogen and oxygen atoms in total. The van der Waals surface area contributed by atoms with Gasteiger partial charge in [-0.2, -0.15) is 0 Å². The molecular weight excluding hydrogens is 615 g/mol. The van der Waals surface area contributed by atoms with Crippen LogP contribution in [0.1, 0.15) is 42.5 Å². The fourth-order valence-electron chi connectivity index (χ4n) is 4.59. The quantitative estimate of drug-likeness (QED) is 0.0400. The molecule has 0 spiro atoms. The van der Waals surface area contributed by atoms with Crippen molar-refractivity contribution < 1.29 is 0 Å². The van der Waals surface area contributed by atoms with Crippen LogP contribution in [0.5, 0.6) is 0 Å². The second-order valence-corrected chi connectivity index (χ2v) is 11.8. The first-order chi connectivity index (χ1) is 23.7. The monoisotopic (exact) mass is 665 g/mol. The zero-order valence-electron chi connectivity index (χ0n) is 29.1. The van der Waals surface area contributed by atoms with E-state index in [1.807, 2.05) is 98.8 Å². The predicted octanol–water partition coefficient (Wildman–Crippen LogP) is 11.7. The van der Waals surface area contributed by atoms with Crippen LogP contribution in [-0.2, 0) is 6.42 Å². The third-order valence-electron chi connectivity index (χ3n) is 7.10. The van der Waals surface area contributed by atoms with Crippen LogP contribution in [0.25, 0.3) is 22.5 Å². The highest BCUT2D eigenvalue weighted by Crippen LogP contribution is 2.27. The Morgan fingerprint density at radius 2 is 1.57 bits per heavy atom. The van der Waals surface area contributed by atoms with Gasteiger partial charge in [-0.05, 0) is 66.7 Å². The Morgan fingerprint density at radius 1 is 0.878 bits per heavy atom. The Bertz CT molecular complexity index is 1820. The van der Waals surface area contributed by atoms with E-state index in [4.69, 9.17) is 11.6 Å². The van der Waals surface area contributed by atoms with Crippen LogP contribution in [0.2, 0.25) is 0 Å². The molecule has 0 aliphatic rings. The molecule has 0 bridgehead atoms. The lowest BCUT2D eigenvalue weighted by Gasteiger charge is -2.06. The Labute approximate surface area is 300 Å². The molecule has 0 radical (unpaired) electrons. The van der Waals surface area contributed by atoms with Crippen LogP contribution < -0.4 is 17.0 Å². The normalized spacial score (nSPS) is 11.8. The van der Waals surface area contributed by atoms with E-state index >= 15 is 0 Å².